The van der Waals surface area contributed by atoms with Crippen LogP contribution in [0.25, 0.3) is 0 Å². The Hall–Kier alpha value is -2.09. The zero-order chi connectivity index (χ0) is 21.6. The van der Waals surface area contributed by atoms with Crippen molar-refractivity contribution in [1.29, 1.82) is 0 Å². The summed E-state index contributed by atoms with van der Waals surface area (Å²) in [4.78, 5) is 0.111. The molecule has 0 unspecified atom stereocenters. The molecule has 3 rings (SSSR count). The van der Waals surface area contributed by atoms with Crippen LogP contribution in [-0.2, 0) is 29.6 Å². The minimum absolute atomic E-state index is 0.111. The molecule has 0 fully saturated rings. The zero-order valence-corrected chi connectivity index (χ0v) is 18.5. The zero-order valence-electron chi connectivity index (χ0n) is 16.1. The largest absolute Gasteiger partial charge is 0.489 e. The van der Waals surface area contributed by atoms with E-state index >= 15 is 0 Å². The normalized spacial score (nSPS) is 11.4. The van der Waals surface area contributed by atoms with Crippen LogP contribution in [0.15, 0.2) is 71.6 Å². The van der Waals surface area contributed by atoms with Gasteiger partial charge in [-0.05, 0) is 66.6 Å². The number of benzene rings is 3. The van der Waals surface area contributed by atoms with Crippen LogP contribution in [0, 0.1) is 0 Å². The monoisotopic (exact) mass is 464 g/mol. The van der Waals surface area contributed by atoms with E-state index in [9.17, 15) is 8.42 Å². The molecule has 158 valence electrons. The number of primary sulfonamides is 1. The van der Waals surface area contributed by atoms with Crippen molar-refractivity contribution in [1.82, 2.24) is 5.32 Å². The van der Waals surface area contributed by atoms with Crippen molar-refractivity contribution < 1.29 is 13.2 Å². The molecule has 3 aromatic rings. The van der Waals surface area contributed by atoms with Gasteiger partial charge in [0.2, 0.25) is 10.0 Å². The van der Waals surface area contributed by atoms with Crippen molar-refractivity contribution in [2.45, 2.75) is 24.5 Å². The van der Waals surface area contributed by atoms with Crippen LogP contribution in [0.1, 0.15) is 16.7 Å². The summed E-state index contributed by atoms with van der Waals surface area (Å²) in [6.45, 7) is 1.70. The third-order valence-electron chi connectivity index (χ3n) is 4.46. The average molecular weight is 465 g/mol. The maximum absolute atomic E-state index is 11.3. The summed E-state index contributed by atoms with van der Waals surface area (Å²) in [6.07, 6.45) is 0.740. The Bertz CT molecular complexity index is 1100. The predicted molar refractivity (Wildman–Crippen MR) is 120 cm³/mol. The quantitative estimate of drug-likeness (QED) is 0.455. The molecule has 0 spiro atoms. The molecule has 0 bridgehead atoms. The van der Waals surface area contributed by atoms with Crippen LogP contribution >= 0.6 is 23.2 Å². The lowest BCUT2D eigenvalue weighted by Crippen LogP contribution is -2.17. The summed E-state index contributed by atoms with van der Waals surface area (Å²) < 4.78 is 28.6. The van der Waals surface area contributed by atoms with E-state index < -0.39 is 10.0 Å². The molecule has 3 N–H and O–H groups in total. The van der Waals surface area contributed by atoms with E-state index in [1.54, 1.807) is 18.2 Å². The first-order valence-corrected chi connectivity index (χ1v) is 11.6. The lowest BCUT2D eigenvalue weighted by atomic mass is 10.1. The highest BCUT2D eigenvalue weighted by Gasteiger charge is 2.08. The number of nitrogens with two attached hydrogens (primary N) is 1. The third-order valence-corrected chi connectivity index (χ3v) is 5.86. The summed E-state index contributed by atoms with van der Waals surface area (Å²) in [5.41, 5.74) is 2.95. The van der Waals surface area contributed by atoms with Gasteiger partial charge in [0.25, 0.3) is 0 Å². The summed E-state index contributed by atoms with van der Waals surface area (Å²) in [6, 6.07) is 19.6. The fourth-order valence-corrected chi connectivity index (χ4v) is 3.84. The van der Waals surface area contributed by atoms with Gasteiger partial charge in [-0.15, -0.1) is 0 Å². The molecule has 0 aliphatic heterocycles. The van der Waals surface area contributed by atoms with E-state index in [2.05, 4.69) is 5.32 Å². The Morgan fingerprint density at radius 2 is 1.63 bits per heavy atom. The standard InChI is InChI=1S/C22H22Cl2N2O3S/c23-19-3-1-2-17(12-19)15-29-22-9-6-20(24)13-18(22)14-26-11-10-16-4-7-21(8-5-16)30(25,27)28/h1-9,12-13,26H,10-11,14-15H2,(H2,25,27,28). The van der Waals surface area contributed by atoms with Crippen molar-refractivity contribution in [2.75, 3.05) is 6.54 Å². The SMILES string of the molecule is NS(=O)(=O)c1ccc(CCNCc2cc(Cl)ccc2OCc2cccc(Cl)c2)cc1. The molecule has 0 atom stereocenters. The predicted octanol–water partition coefficient (Wildman–Crippen LogP) is 4.55. The third kappa shape index (κ3) is 6.72. The van der Waals surface area contributed by atoms with Gasteiger partial charge in [0.1, 0.15) is 12.4 Å². The summed E-state index contributed by atoms with van der Waals surface area (Å²) in [5, 5.41) is 9.80. The molecule has 0 radical (unpaired) electrons. The summed E-state index contributed by atoms with van der Waals surface area (Å²) in [5.74, 6) is 0.754. The number of ether oxygens (including phenoxy) is 1. The first-order valence-electron chi connectivity index (χ1n) is 9.29. The number of nitrogens with one attached hydrogen (secondary N) is 1. The Balaban J connectivity index is 1.55. The van der Waals surface area contributed by atoms with Crippen molar-refractivity contribution in [3.63, 3.8) is 0 Å². The molecule has 0 heterocycles. The number of hydrogen-bond donors (Lipinski definition) is 2. The molecule has 0 amide bonds. The second-order valence-corrected chi connectivity index (χ2v) is 9.22. The number of hydrogen-bond acceptors (Lipinski definition) is 4. The molecule has 0 aliphatic rings. The maximum Gasteiger partial charge on any atom is 0.238 e. The highest BCUT2D eigenvalue weighted by Crippen LogP contribution is 2.24. The summed E-state index contributed by atoms with van der Waals surface area (Å²) in [7, 11) is -3.67. The molecule has 30 heavy (non-hydrogen) atoms. The van der Waals surface area contributed by atoms with Crippen molar-refractivity contribution in [3.05, 3.63) is 93.5 Å². The van der Waals surface area contributed by atoms with E-state index in [4.69, 9.17) is 33.1 Å². The molecule has 0 saturated carbocycles. The molecule has 0 aromatic heterocycles. The van der Waals surface area contributed by atoms with Crippen LogP contribution in [0.5, 0.6) is 5.75 Å². The van der Waals surface area contributed by atoms with Crippen molar-refractivity contribution >= 4 is 33.2 Å². The van der Waals surface area contributed by atoms with Crippen LogP contribution < -0.4 is 15.2 Å². The van der Waals surface area contributed by atoms with E-state index in [0.717, 1.165) is 28.9 Å². The molecular formula is C22H22Cl2N2O3S. The molecule has 0 aliphatic carbocycles. The topological polar surface area (TPSA) is 81.4 Å². The Morgan fingerprint density at radius 1 is 0.900 bits per heavy atom. The van der Waals surface area contributed by atoms with Gasteiger partial charge in [0.05, 0.1) is 4.90 Å². The fraction of sp³-hybridized carbons (Fsp3) is 0.182. The fourth-order valence-electron chi connectivity index (χ4n) is 2.92. The molecule has 0 saturated heterocycles. The highest BCUT2D eigenvalue weighted by molar-refractivity contribution is 7.89. The van der Waals surface area contributed by atoms with E-state index in [1.807, 2.05) is 36.4 Å². The van der Waals surface area contributed by atoms with Gasteiger partial charge in [0.15, 0.2) is 0 Å². The first-order chi connectivity index (χ1) is 14.3. The van der Waals surface area contributed by atoms with Crippen LogP contribution in [0.3, 0.4) is 0 Å². The van der Waals surface area contributed by atoms with Gasteiger partial charge in [-0.1, -0.05) is 47.5 Å². The maximum atomic E-state index is 11.3. The van der Waals surface area contributed by atoms with Gasteiger partial charge in [-0.25, -0.2) is 13.6 Å². The van der Waals surface area contributed by atoms with Crippen molar-refractivity contribution in [3.8, 4) is 5.75 Å². The number of sulfonamides is 1. The minimum Gasteiger partial charge on any atom is -0.489 e. The highest BCUT2D eigenvalue weighted by atomic mass is 35.5. The average Bonchev–Trinajstić information content (AvgIpc) is 2.70. The minimum atomic E-state index is -3.67. The Morgan fingerprint density at radius 3 is 2.33 bits per heavy atom. The van der Waals surface area contributed by atoms with E-state index in [0.29, 0.717) is 29.7 Å². The van der Waals surface area contributed by atoms with Gasteiger partial charge >= 0.3 is 0 Å². The van der Waals surface area contributed by atoms with Crippen LogP contribution in [0.4, 0.5) is 0 Å². The van der Waals surface area contributed by atoms with Crippen LogP contribution in [0.2, 0.25) is 10.0 Å². The summed E-state index contributed by atoms with van der Waals surface area (Å²) >= 11 is 12.2. The van der Waals surface area contributed by atoms with E-state index in [-0.39, 0.29) is 4.90 Å². The number of halogens is 2. The second-order valence-electron chi connectivity index (χ2n) is 6.79. The van der Waals surface area contributed by atoms with Gasteiger partial charge in [-0.2, -0.15) is 0 Å². The van der Waals surface area contributed by atoms with Gasteiger partial charge < -0.3 is 10.1 Å². The number of rotatable bonds is 9. The molecular weight excluding hydrogens is 443 g/mol. The van der Waals surface area contributed by atoms with Gasteiger partial charge in [-0.3, -0.25) is 0 Å². The second kappa shape index (κ2) is 10.3. The van der Waals surface area contributed by atoms with Gasteiger partial charge in [0, 0.05) is 22.2 Å². The Labute approximate surface area is 186 Å². The van der Waals surface area contributed by atoms with E-state index in [1.165, 1.54) is 12.1 Å². The smallest absolute Gasteiger partial charge is 0.238 e. The Kier molecular flexibility index (Phi) is 7.75. The lowest BCUT2D eigenvalue weighted by Gasteiger charge is -2.13. The lowest BCUT2D eigenvalue weighted by molar-refractivity contribution is 0.302. The molecule has 5 nitrogen and oxygen atoms in total. The first kappa shape index (κ1) is 22.6. The molecule has 3 aromatic carbocycles. The molecule has 8 heteroatoms. The van der Waals surface area contributed by atoms with Crippen LogP contribution in [-0.4, -0.2) is 15.0 Å². The van der Waals surface area contributed by atoms with Crippen molar-refractivity contribution in [2.24, 2.45) is 5.14 Å².